The Bertz CT molecular complexity index is 628. The first-order valence-corrected chi connectivity index (χ1v) is 7.30. The molecule has 0 bridgehead atoms. The van der Waals surface area contributed by atoms with Crippen LogP contribution in [0.5, 0.6) is 11.5 Å². The fourth-order valence-electron chi connectivity index (χ4n) is 1.88. The number of benzene rings is 2. The van der Waals surface area contributed by atoms with Crippen LogP contribution >= 0.6 is 11.6 Å². The first-order valence-electron chi connectivity index (χ1n) is 6.92. The second kappa shape index (κ2) is 7.71. The highest BCUT2D eigenvalue weighted by molar-refractivity contribution is 6.33. The van der Waals surface area contributed by atoms with Gasteiger partial charge < -0.3 is 14.8 Å². The van der Waals surface area contributed by atoms with E-state index in [9.17, 15) is 4.79 Å². The highest BCUT2D eigenvalue weighted by atomic mass is 35.5. The van der Waals surface area contributed by atoms with Gasteiger partial charge in [-0.1, -0.05) is 23.7 Å². The minimum absolute atomic E-state index is 0.147. The Morgan fingerprint density at radius 1 is 1.14 bits per heavy atom. The SMILES string of the molecule is COc1ccc(OCC(C)NC(=O)c2ccccc2Cl)cc1. The molecule has 0 radical (unpaired) electrons. The zero-order valence-electron chi connectivity index (χ0n) is 12.5. The van der Waals surface area contributed by atoms with Crippen molar-refractivity contribution in [3.8, 4) is 11.5 Å². The van der Waals surface area contributed by atoms with E-state index in [1.807, 2.05) is 31.2 Å². The van der Waals surface area contributed by atoms with Gasteiger partial charge in [0.1, 0.15) is 18.1 Å². The van der Waals surface area contributed by atoms with Gasteiger partial charge in [-0.15, -0.1) is 0 Å². The van der Waals surface area contributed by atoms with E-state index < -0.39 is 0 Å². The molecule has 0 aliphatic carbocycles. The van der Waals surface area contributed by atoms with E-state index in [2.05, 4.69) is 5.32 Å². The molecule has 0 aliphatic heterocycles. The van der Waals surface area contributed by atoms with Crippen molar-refractivity contribution >= 4 is 17.5 Å². The van der Waals surface area contributed by atoms with E-state index >= 15 is 0 Å². The van der Waals surface area contributed by atoms with E-state index in [1.165, 1.54) is 0 Å². The highest BCUT2D eigenvalue weighted by Gasteiger charge is 2.12. The quantitative estimate of drug-likeness (QED) is 0.885. The molecule has 1 unspecified atom stereocenters. The molecule has 2 aromatic carbocycles. The van der Waals surface area contributed by atoms with Crippen molar-refractivity contribution in [3.05, 3.63) is 59.1 Å². The van der Waals surface area contributed by atoms with Crippen LogP contribution in [0.4, 0.5) is 0 Å². The van der Waals surface area contributed by atoms with Gasteiger partial charge in [-0.2, -0.15) is 0 Å². The number of carbonyl (C=O) groups is 1. The molecule has 0 saturated heterocycles. The predicted octanol–water partition coefficient (Wildman–Crippen LogP) is 3.55. The molecule has 2 rings (SSSR count). The molecule has 0 fully saturated rings. The van der Waals surface area contributed by atoms with Gasteiger partial charge in [0.15, 0.2) is 0 Å². The molecule has 2 aromatic rings. The lowest BCUT2D eigenvalue weighted by atomic mass is 10.2. The van der Waals surface area contributed by atoms with E-state index in [0.29, 0.717) is 17.2 Å². The van der Waals surface area contributed by atoms with Crippen LogP contribution in [0.2, 0.25) is 5.02 Å². The van der Waals surface area contributed by atoms with Crippen molar-refractivity contribution in [1.82, 2.24) is 5.32 Å². The molecule has 1 atom stereocenters. The molecule has 116 valence electrons. The smallest absolute Gasteiger partial charge is 0.253 e. The maximum Gasteiger partial charge on any atom is 0.253 e. The molecule has 0 aromatic heterocycles. The van der Waals surface area contributed by atoms with Crippen LogP contribution in [0.1, 0.15) is 17.3 Å². The third-order valence-electron chi connectivity index (χ3n) is 3.06. The molecule has 1 amide bonds. The van der Waals surface area contributed by atoms with E-state index in [4.69, 9.17) is 21.1 Å². The van der Waals surface area contributed by atoms with E-state index in [0.717, 1.165) is 11.5 Å². The topological polar surface area (TPSA) is 47.6 Å². The lowest BCUT2D eigenvalue weighted by Crippen LogP contribution is -2.36. The van der Waals surface area contributed by atoms with Crippen LogP contribution in [0.25, 0.3) is 0 Å². The van der Waals surface area contributed by atoms with Crippen molar-refractivity contribution in [2.24, 2.45) is 0 Å². The molecule has 0 heterocycles. The number of carbonyl (C=O) groups excluding carboxylic acids is 1. The van der Waals surface area contributed by atoms with Crippen molar-refractivity contribution < 1.29 is 14.3 Å². The standard InChI is InChI=1S/C17H18ClNO3/c1-12(11-22-14-9-7-13(21-2)8-10-14)19-17(20)15-5-3-4-6-16(15)18/h3-10,12H,11H2,1-2H3,(H,19,20). The summed E-state index contributed by atoms with van der Waals surface area (Å²) >= 11 is 6.00. The largest absolute Gasteiger partial charge is 0.497 e. The summed E-state index contributed by atoms with van der Waals surface area (Å²) in [5.41, 5.74) is 0.459. The summed E-state index contributed by atoms with van der Waals surface area (Å²) in [6, 6.07) is 14.1. The normalized spacial score (nSPS) is 11.6. The van der Waals surface area contributed by atoms with Gasteiger partial charge in [0, 0.05) is 0 Å². The summed E-state index contributed by atoms with van der Waals surface area (Å²) in [4.78, 5) is 12.1. The Balaban J connectivity index is 1.86. The maximum atomic E-state index is 12.1. The fourth-order valence-corrected chi connectivity index (χ4v) is 2.10. The third-order valence-corrected chi connectivity index (χ3v) is 3.38. The van der Waals surface area contributed by atoms with E-state index in [-0.39, 0.29) is 11.9 Å². The van der Waals surface area contributed by atoms with Crippen LogP contribution in [0.3, 0.4) is 0 Å². The number of halogens is 1. The van der Waals surface area contributed by atoms with Crippen LogP contribution in [0.15, 0.2) is 48.5 Å². The summed E-state index contributed by atoms with van der Waals surface area (Å²) < 4.78 is 10.7. The summed E-state index contributed by atoms with van der Waals surface area (Å²) in [6.45, 7) is 2.24. The molecule has 0 spiro atoms. The monoisotopic (exact) mass is 319 g/mol. The maximum absolute atomic E-state index is 12.1. The molecule has 22 heavy (non-hydrogen) atoms. The average molecular weight is 320 g/mol. The van der Waals surface area contributed by atoms with Crippen LogP contribution in [-0.4, -0.2) is 25.7 Å². The third kappa shape index (κ3) is 4.40. The minimum Gasteiger partial charge on any atom is -0.497 e. The van der Waals surface area contributed by atoms with Gasteiger partial charge in [0.2, 0.25) is 0 Å². The number of methoxy groups -OCH3 is 1. The molecular formula is C17H18ClNO3. The Hall–Kier alpha value is -2.20. The Kier molecular flexibility index (Phi) is 5.67. The van der Waals surface area contributed by atoms with Gasteiger partial charge in [0.05, 0.1) is 23.7 Å². The second-order valence-electron chi connectivity index (χ2n) is 4.84. The minimum atomic E-state index is -0.212. The Morgan fingerprint density at radius 2 is 1.77 bits per heavy atom. The average Bonchev–Trinajstić information content (AvgIpc) is 2.53. The summed E-state index contributed by atoms with van der Waals surface area (Å²) in [5.74, 6) is 1.28. The summed E-state index contributed by atoms with van der Waals surface area (Å²) in [7, 11) is 1.61. The van der Waals surface area contributed by atoms with Gasteiger partial charge in [0.25, 0.3) is 5.91 Å². The zero-order valence-corrected chi connectivity index (χ0v) is 13.3. The number of rotatable bonds is 6. The second-order valence-corrected chi connectivity index (χ2v) is 5.25. The number of ether oxygens (including phenoxy) is 2. The fraction of sp³-hybridized carbons (Fsp3) is 0.235. The molecule has 0 aliphatic rings. The van der Waals surface area contributed by atoms with Crippen molar-refractivity contribution in [2.75, 3.05) is 13.7 Å². The lowest BCUT2D eigenvalue weighted by molar-refractivity contribution is 0.0927. The zero-order chi connectivity index (χ0) is 15.9. The molecule has 5 heteroatoms. The van der Waals surface area contributed by atoms with Crippen LogP contribution in [-0.2, 0) is 0 Å². The Labute approximate surface area is 135 Å². The number of hydrogen-bond donors (Lipinski definition) is 1. The van der Waals surface area contributed by atoms with Gasteiger partial charge in [-0.3, -0.25) is 4.79 Å². The molecule has 0 saturated carbocycles. The summed E-state index contributed by atoms with van der Waals surface area (Å²) in [6.07, 6.45) is 0. The lowest BCUT2D eigenvalue weighted by Gasteiger charge is -2.15. The van der Waals surface area contributed by atoms with Crippen molar-refractivity contribution in [2.45, 2.75) is 13.0 Å². The van der Waals surface area contributed by atoms with Crippen molar-refractivity contribution in [1.29, 1.82) is 0 Å². The Morgan fingerprint density at radius 3 is 2.41 bits per heavy atom. The molecular weight excluding hydrogens is 302 g/mol. The predicted molar refractivity (Wildman–Crippen MR) is 86.9 cm³/mol. The van der Waals surface area contributed by atoms with Crippen LogP contribution in [0, 0.1) is 0 Å². The number of hydrogen-bond acceptors (Lipinski definition) is 3. The van der Waals surface area contributed by atoms with Gasteiger partial charge in [-0.25, -0.2) is 0 Å². The number of nitrogens with one attached hydrogen (secondary N) is 1. The first kappa shape index (κ1) is 16.2. The number of amides is 1. The summed E-state index contributed by atoms with van der Waals surface area (Å²) in [5, 5.41) is 3.29. The molecule has 1 N–H and O–H groups in total. The molecule has 4 nitrogen and oxygen atoms in total. The van der Waals surface area contributed by atoms with E-state index in [1.54, 1.807) is 31.4 Å². The van der Waals surface area contributed by atoms with Crippen molar-refractivity contribution in [3.63, 3.8) is 0 Å². The first-order chi connectivity index (χ1) is 10.6. The highest BCUT2D eigenvalue weighted by Crippen LogP contribution is 2.17. The van der Waals surface area contributed by atoms with Gasteiger partial charge in [-0.05, 0) is 43.3 Å². The van der Waals surface area contributed by atoms with Gasteiger partial charge >= 0.3 is 0 Å². The van der Waals surface area contributed by atoms with Crippen LogP contribution < -0.4 is 14.8 Å².